The van der Waals surface area contributed by atoms with E-state index in [1.54, 1.807) is 19.1 Å². The van der Waals surface area contributed by atoms with E-state index in [2.05, 4.69) is 5.32 Å². The molecule has 2 atom stereocenters. The van der Waals surface area contributed by atoms with E-state index in [1.165, 1.54) is 30.8 Å². The first-order chi connectivity index (χ1) is 13.2. The smallest absolute Gasteiger partial charge is 0.319 e. The number of nitrogens with one attached hydrogen (secondary N) is 1. The van der Waals surface area contributed by atoms with Crippen molar-refractivity contribution in [1.82, 2.24) is 0 Å². The molecule has 7 nitrogen and oxygen atoms in total. The van der Waals surface area contributed by atoms with E-state index >= 15 is 0 Å². The highest BCUT2D eigenvalue weighted by molar-refractivity contribution is 8.00. The lowest BCUT2D eigenvalue weighted by Gasteiger charge is -2.18. The highest BCUT2D eigenvalue weighted by Crippen LogP contribution is 2.26. The van der Waals surface area contributed by atoms with Crippen LogP contribution in [0.25, 0.3) is 0 Å². The second-order valence-electron chi connectivity index (χ2n) is 6.35. The number of anilines is 1. The number of esters is 1. The van der Waals surface area contributed by atoms with Crippen LogP contribution in [0.3, 0.4) is 0 Å². The van der Waals surface area contributed by atoms with Crippen molar-refractivity contribution in [2.75, 3.05) is 5.32 Å². The van der Waals surface area contributed by atoms with Gasteiger partial charge in [-0.05, 0) is 51.0 Å². The number of nitro benzene ring substituents is 1. The van der Waals surface area contributed by atoms with Crippen molar-refractivity contribution in [3.05, 3.63) is 63.7 Å². The molecule has 1 amide bonds. The van der Waals surface area contributed by atoms with Crippen LogP contribution in [-0.2, 0) is 14.3 Å². The molecule has 28 heavy (non-hydrogen) atoms. The summed E-state index contributed by atoms with van der Waals surface area (Å²) in [6, 6.07) is 11.6. The van der Waals surface area contributed by atoms with Gasteiger partial charge in [0.2, 0.25) is 0 Å². The molecule has 1 N–H and O–H groups in total. The van der Waals surface area contributed by atoms with Crippen LogP contribution < -0.4 is 5.32 Å². The van der Waals surface area contributed by atoms with Gasteiger partial charge in [-0.2, -0.15) is 0 Å². The molecule has 2 rings (SSSR count). The molecule has 0 saturated carbocycles. The number of nitrogens with zero attached hydrogens (tertiary/aromatic N) is 1. The summed E-state index contributed by atoms with van der Waals surface area (Å²) in [4.78, 5) is 35.6. The van der Waals surface area contributed by atoms with Crippen molar-refractivity contribution in [2.45, 2.75) is 43.9 Å². The summed E-state index contributed by atoms with van der Waals surface area (Å²) in [5.41, 5.74) is 2.54. The lowest BCUT2D eigenvalue weighted by atomic mass is 10.1. The van der Waals surface area contributed by atoms with Gasteiger partial charge in [-0.1, -0.05) is 18.2 Å². The predicted octanol–water partition coefficient (Wildman–Crippen LogP) is 4.26. The third-order valence-electron chi connectivity index (χ3n) is 4.08. The van der Waals surface area contributed by atoms with E-state index in [0.717, 1.165) is 11.1 Å². The Hall–Kier alpha value is -2.87. The van der Waals surface area contributed by atoms with Crippen LogP contribution in [0.2, 0.25) is 0 Å². The minimum Gasteiger partial charge on any atom is -0.452 e. The molecule has 2 aromatic carbocycles. The molecule has 0 spiro atoms. The molecular formula is C20H22N2O5S. The molecule has 0 aliphatic heterocycles. The monoisotopic (exact) mass is 402 g/mol. The van der Waals surface area contributed by atoms with Gasteiger partial charge in [0.05, 0.1) is 4.92 Å². The third kappa shape index (κ3) is 5.56. The van der Waals surface area contributed by atoms with Crippen LogP contribution in [0.1, 0.15) is 25.0 Å². The van der Waals surface area contributed by atoms with Gasteiger partial charge in [0.25, 0.3) is 11.6 Å². The summed E-state index contributed by atoms with van der Waals surface area (Å²) in [5, 5.41) is 12.9. The molecule has 0 aromatic heterocycles. The first-order valence-corrected chi connectivity index (χ1v) is 9.55. The van der Waals surface area contributed by atoms with E-state index in [4.69, 9.17) is 4.74 Å². The average molecular weight is 402 g/mol. The maximum atomic E-state index is 12.4. The van der Waals surface area contributed by atoms with Crippen molar-refractivity contribution in [1.29, 1.82) is 0 Å². The first-order valence-electron chi connectivity index (χ1n) is 8.67. The number of rotatable bonds is 7. The highest BCUT2D eigenvalue weighted by atomic mass is 32.2. The van der Waals surface area contributed by atoms with Crippen LogP contribution >= 0.6 is 11.8 Å². The molecule has 0 aliphatic rings. The fourth-order valence-electron chi connectivity index (χ4n) is 2.46. The van der Waals surface area contributed by atoms with Crippen LogP contribution in [-0.4, -0.2) is 28.2 Å². The molecule has 0 saturated heterocycles. The van der Waals surface area contributed by atoms with Crippen molar-refractivity contribution >= 4 is 35.0 Å². The number of amides is 1. The molecule has 0 radical (unpaired) electrons. The zero-order valence-electron chi connectivity index (χ0n) is 16.1. The Balaban J connectivity index is 1.93. The zero-order valence-corrected chi connectivity index (χ0v) is 16.9. The maximum absolute atomic E-state index is 12.4. The van der Waals surface area contributed by atoms with Crippen LogP contribution in [0, 0.1) is 24.0 Å². The number of non-ortho nitro benzene ring substituents is 1. The van der Waals surface area contributed by atoms with Gasteiger partial charge < -0.3 is 10.1 Å². The van der Waals surface area contributed by atoms with E-state index < -0.39 is 28.2 Å². The van der Waals surface area contributed by atoms with Crippen molar-refractivity contribution in [3.8, 4) is 0 Å². The molecular weight excluding hydrogens is 380 g/mol. The highest BCUT2D eigenvalue weighted by Gasteiger charge is 2.23. The van der Waals surface area contributed by atoms with Crippen molar-refractivity contribution < 1.29 is 19.2 Å². The topological polar surface area (TPSA) is 98.5 Å². The zero-order chi connectivity index (χ0) is 20.8. The summed E-state index contributed by atoms with van der Waals surface area (Å²) in [5.74, 6) is -0.939. The Morgan fingerprint density at radius 1 is 1.07 bits per heavy atom. The van der Waals surface area contributed by atoms with Crippen molar-refractivity contribution in [3.63, 3.8) is 0 Å². The van der Waals surface area contributed by atoms with Gasteiger partial charge in [0.1, 0.15) is 5.25 Å². The van der Waals surface area contributed by atoms with Crippen molar-refractivity contribution in [2.24, 2.45) is 0 Å². The third-order valence-corrected chi connectivity index (χ3v) is 5.17. The number of nitro groups is 1. The van der Waals surface area contributed by atoms with Crippen LogP contribution in [0.5, 0.6) is 0 Å². The molecule has 148 valence electrons. The Kier molecular flexibility index (Phi) is 7.17. The van der Waals surface area contributed by atoms with Gasteiger partial charge in [-0.3, -0.25) is 19.7 Å². The fraction of sp³-hybridized carbons (Fsp3) is 0.300. The normalized spacial score (nSPS) is 12.7. The lowest BCUT2D eigenvalue weighted by molar-refractivity contribution is -0.384. The number of hydrogen-bond acceptors (Lipinski definition) is 6. The Morgan fingerprint density at radius 3 is 2.18 bits per heavy atom. The summed E-state index contributed by atoms with van der Waals surface area (Å²) in [6.07, 6.45) is -0.952. The number of aryl methyl sites for hydroxylation is 2. The Morgan fingerprint density at radius 2 is 1.64 bits per heavy atom. The Labute approximate surface area is 167 Å². The molecule has 0 heterocycles. The quantitative estimate of drug-likeness (QED) is 0.321. The number of carbonyl (C=O) groups is 2. The van der Waals surface area contributed by atoms with Gasteiger partial charge in [-0.15, -0.1) is 11.8 Å². The standard InChI is InChI=1S/C20H22N2O5S/c1-12-6-5-7-13(2)18(12)21-19(23)14(3)27-20(24)15(4)28-17-10-8-16(9-11-17)22(25)26/h5-11,14-15H,1-4H3,(H,21,23)/t14-,15+/m1/s1. The van der Waals surface area contributed by atoms with Gasteiger partial charge in [-0.25, -0.2) is 0 Å². The molecule has 0 fully saturated rings. The molecule has 0 bridgehead atoms. The number of benzene rings is 2. The minimum atomic E-state index is -0.952. The van der Waals surface area contributed by atoms with Crippen LogP contribution in [0.15, 0.2) is 47.4 Å². The van der Waals surface area contributed by atoms with Crippen LogP contribution in [0.4, 0.5) is 11.4 Å². The van der Waals surface area contributed by atoms with E-state index in [1.807, 2.05) is 32.0 Å². The number of hydrogen-bond donors (Lipinski definition) is 1. The molecule has 2 aromatic rings. The molecule has 0 aliphatic carbocycles. The fourth-order valence-corrected chi connectivity index (χ4v) is 3.31. The minimum absolute atomic E-state index is 0.0172. The maximum Gasteiger partial charge on any atom is 0.319 e. The second kappa shape index (κ2) is 9.36. The summed E-state index contributed by atoms with van der Waals surface area (Å²) in [6.45, 7) is 6.96. The Bertz CT molecular complexity index is 862. The summed E-state index contributed by atoms with van der Waals surface area (Å²) >= 11 is 1.21. The first kappa shape index (κ1) is 21.4. The van der Waals surface area contributed by atoms with E-state index in [-0.39, 0.29) is 5.69 Å². The summed E-state index contributed by atoms with van der Waals surface area (Å²) in [7, 11) is 0. The number of ether oxygens (including phenoxy) is 1. The molecule has 0 unspecified atom stereocenters. The summed E-state index contributed by atoms with van der Waals surface area (Å²) < 4.78 is 5.28. The van der Waals surface area contributed by atoms with E-state index in [9.17, 15) is 19.7 Å². The molecule has 8 heteroatoms. The number of para-hydroxylation sites is 1. The number of carbonyl (C=O) groups excluding carboxylic acids is 2. The van der Waals surface area contributed by atoms with Gasteiger partial charge in [0.15, 0.2) is 6.10 Å². The number of thioether (sulfide) groups is 1. The lowest BCUT2D eigenvalue weighted by Crippen LogP contribution is -2.32. The SMILES string of the molecule is Cc1cccc(C)c1NC(=O)[C@@H](C)OC(=O)[C@H](C)Sc1ccc([N+](=O)[O-])cc1. The van der Waals surface area contributed by atoms with Gasteiger partial charge >= 0.3 is 5.97 Å². The van der Waals surface area contributed by atoms with Gasteiger partial charge in [0, 0.05) is 22.7 Å². The second-order valence-corrected chi connectivity index (χ2v) is 7.76. The largest absolute Gasteiger partial charge is 0.452 e. The predicted molar refractivity (Wildman–Crippen MR) is 109 cm³/mol. The average Bonchev–Trinajstić information content (AvgIpc) is 2.64. The van der Waals surface area contributed by atoms with E-state index in [0.29, 0.717) is 10.6 Å².